The van der Waals surface area contributed by atoms with Crippen LogP contribution in [0.5, 0.6) is 0 Å². The molecule has 0 saturated heterocycles. The van der Waals surface area contributed by atoms with Gasteiger partial charge in [-0.2, -0.15) is 0 Å². The van der Waals surface area contributed by atoms with Crippen LogP contribution in [0.15, 0.2) is 78.9 Å². The van der Waals surface area contributed by atoms with E-state index in [1.54, 1.807) is 0 Å². The number of aryl methyl sites for hydroxylation is 1. The fraction of sp³-hybridized carbons (Fsp3) is 0.136. The van der Waals surface area contributed by atoms with E-state index in [2.05, 4.69) is 23.5 Å². The van der Waals surface area contributed by atoms with Crippen molar-refractivity contribution in [3.8, 4) is 11.1 Å². The largest absolute Gasteiger partial charge is 0.350 e. The van der Waals surface area contributed by atoms with Crippen LogP contribution < -0.4 is 11.1 Å². The van der Waals surface area contributed by atoms with Crippen LogP contribution in [-0.2, 0) is 11.3 Å². The van der Waals surface area contributed by atoms with Gasteiger partial charge in [0.2, 0.25) is 5.91 Å². The highest BCUT2D eigenvalue weighted by Crippen LogP contribution is 2.21. The maximum absolute atomic E-state index is 12.3. The minimum absolute atomic E-state index is 0.172. The number of hydrogen-bond acceptors (Lipinski definition) is 2. The Morgan fingerprint density at radius 1 is 0.920 bits per heavy atom. The zero-order chi connectivity index (χ0) is 17.6. The number of rotatable bonds is 5. The third-order valence-electron chi connectivity index (χ3n) is 4.21. The van der Waals surface area contributed by atoms with Crippen LogP contribution >= 0.6 is 0 Å². The van der Waals surface area contributed by atoms with Gasteiger partial charge in [0.05, 0.1) is 0 Å². The second kappa shape index (κ2) is 7.77. The number of amides is 1. The molecule has 3 aromatic rings. The summed E-state index contributed by atoms with van der Waals surface area (Å²) in [5, 5.41) is 2.91. The minimum atomic E-state index is -0.672. The average Bonchev–Trinajstić information content (AvgIpc) is 2.66. The van der Waals surface area contributed by atoms with Crippen molar-refractivity contribution in [2.45, 2.75) is 19.5 Å². The first-order valence-corrected chi connectivity index (χ1v) is 8.38. The molecule has 0 aliphatic heterocycles. The van der Waals surface area contributed by atoms with Gasteiger partial charge in [-0.3, -0.25) is 4.79 Å². The summed E-state index contributed by atoms with van der Waals surface area (Å²) >= 11 is 0. The van der Waals surface area contributed by atoms with Crippen LogP contribution in [0.25, 0.3) is 11.1 Å². The summed E-state index contributed by atoms with van der Waals surface area (Å²) in [7, 11) is 0. The molecule has 126 valence electrons. The number of nitrogens with two attached hydrogens (primary N) is 1. The number of benzene rings is 3. The van der Waals surface area contributed by atoms with E-state index >= 15 is 0 Å². The highest BCUT2D eigenvalue weighted by molar-refractivity contribution is 5.83. The molecule has 0 spiro atoms. The number of hydrogen-bond donors (Lipinski definition) is 2. The molecule has 0 aromatic heterocycles. The lowest BCUT2D eigenvalue weighted by molar-refractivity contribution is -0.122. The fourth-order valence-corrected chi connectivity index (χ4v) is 2.79. The third-order valence-corrected chi connectivity index (χ3v) is 4.21. The Morgan fingerprint density at radius 3 is 2.28 bits per heavy atom. The molecule has 3 heteroatoms. The molecular weight excluding hydrogens is 308 g/mol. The van der Waals surface area contributed by atoms with Crippen LogP contribution in [0.1, 0.15) is 22.7 Å². The quantitative estimate of drug-likeness (QED) is 0.743. The topological polar surface area (TPSA) is 55.1 Å². The van der Waals surface area contributed by atoms with Crippen LogP contribution in [0.4, 0.5) is 0 Å². The number of nitrogens with one attached hydrogen (secondary N) is 1. The SMILES string of the molecule is Cc1cccc(CNC(=O)C(N)c2ccc(-c3ccccc3)cc2)c1. The van der Waals surface area contributed by atoms with E-state index in [1.807, 2.05) is 67.6 Å². The highest BCUT2D eigenvalue weighted by atomic mass is 16.2. The first-order chi connectivity index (χ1) is 12.1. The van der Waals surface area contributed by atoms with Crippen molar-refractivity contribution in [2.24, 2.45) is 5.73 Å². The molecule has 3 aromatic carbocycles. The van der Waals surface area contributed by atoms with Crippen LogP contribution in [0, 0.1) is 6.92 Å². The molecule has 0 saturated carbocycles. The Hall–Kier alpha value is -2.91. The molecule has 25 heavy (non-hydrogen) atoms. The van der Waals surface area contributed by atoms with E-state index in [-0.39, 0.29) is 5.91 Å². The van der Waals surface area contributed by atoms with Gasteiger partial charge >= 0.3 is 0 Å². The first-order valence-electron chi connectivity index (χ1n) is 8.38. The van der Waals surface area contributed by atoms with E-state index in [4.69, 9.17) is 5.73 Å². The predicted molar refractivity (Wildman–Crippen MR) is 102 cm³/mol. The Bertz CT molecular complexity index is 841. The number of carbonyl (C=O) groups is 1. The fourth-order valence-electron chi connectivity index (χ4n) is 2.79. The van der Waals surface area contributed by atoms with Crippen LogP contribution in [-0.4, -0.2) is 5.91 Å². The zero-order valence-electron chi connectivity index (χ0n) is 14.3. The van der Waals surface area contributed by atoms with Gasteiger partial charge in [0, 0.05) is 6.54 Å². The van der Waals surface area contributed by atoms with E-state index < -0.39 is 6.04 Å². The van der Waals surface area contributed by atoms with Crippen LogP contribution in [0.2, 0.25) is 0 Å². The Labute approximate surface area is 148 Å². The Morgan fingerprint density at radius 2 is 1.60 bits per heavy atom. The Kier molecular flexibility index (Phi) is 5.26. The summed E-state index contributed by atoms with van der Waals surface area (Å²) in [6.07, 6.45) is 0. The van der Waals surface area contributed by atoms with Gasteiger partial charge in [-0.15, -0.1) is 0 Å². The maximum Gasteiger partial charge on any atom is 0.241 e. The van der Waals surface area contributed by atoms with Crippen molar-refractivity contribution >= 4 is 5.91 Å². The van der Waals surface area contributed by atoms with Crippen molar-refractivity contribution in [3.05, 3.63) is 95.6 Å². The van der Waals surface area contributed by atoms with Gasteiger partial charge < -0.3 is 11.1 Å². The van der Waals surface area contributed by atoms with E-state index in [9.17, 15) is 4.79 Å². The Balaban J connectivity index is 1.64. The van der Waals surface area contributed by atoms with Crippen molar-refractivity contribution in [1.29, 1.82) is 0 Å². The second-order valence-electron chi connectivity index (χ2n) is 6.17. The summed E-state index contributed by atoms with van der Waals surface area (Å²) in [5.41, 5.74) is 11.4. The van der Waals surface area contributed by atoms with Crippen molar-refractivity contribution in [1.82, 2.24) is 5.32 Å². The molecule has 0 aliphatic carbocycles. The molecule has 0 heterocycles. The molecule has 0 radical (unpaired) electrons. The van der Waals surface area contributed by atoms with Gasteiger partial charge in [-0.05, 0) is 29.2 Å². The van der Waals surface area contributed by atoms with E-state index in [1.165, 1.54) is 5.56 Å². The maximum atomic E-state index is 12.3. The van der Waals surface area contributed by atoms with Crippen molar-refractivity contribution < 1.29 is 4.79 Å². The molecule has 3 rings (SSSR count). The van der Waals surface area contributed by atoms with Gasteiger partial charge in [0.15, 0.2) is 0 Å². The summed E-state index contributed by atoms with van der Waals surface area (Å²) in [6.45, 7) is 2.52. The monoisotopic (exact) mass is 330 g/mol. The summed E-state index contributed by atoms with van der Waals surface area (Å²) in [5.74, 6) is -0.172. The van der Waals surface area contributed by atoms with E-state index in [0.29, 0.717) is 6.54 Å². The number of carbonyl (C=O) groups excluding carboxylic acids is 1. The molecule has 3 N–H and O–H groups in total. The summed E-state index contributed by atoms with van der Waals surface area (Å²) < 4.78 is 0. The second-order valence-corrected chi connectivity index (χ2v) is 6.17. The third kappa shape index (κ3) is 4.34. The molecular formula is C22H22N2O. The van der Waals surface area contributed by atoms with Gasteiger partial charge in [-0.1, -0.05) is 84.4 Å². The average molecular weight is 330 g/mol. The molecule has 3 nitrogen and oxygen atoms in total. The lowest BCUT2D eigenvalue weighted by Gasteiger charge is -2.13. The normalized spacial score (nSPS) is 11.8. The highest BCUT2D eigenvalue weighted by Gasteiger charge is 2.15. The van der Waals surface area contributed by atoms with Gasteiger partial charge in [-0.25, -0.2) is 0 Å². The lowest BCUT2D eigenvalue weighted by Crippen LogP contribution is -2.33. The minimum Gasteiger partial charge on any atom is -0.350 e. The summed E-state index contributed by atoms with van der Waals surface area (Å²) in [6, 6.07) is 25.4. The lowest BCUT2D eigenvalue weighted by atomic mass is 10.0. The van der Waals surface area contributed by atoms with Crippen molar-refractivity contribution in [2.75, 3.05) is 0 Å². The summed E-state index contributed by atoms with van der Waals surface area (Å²) in [4.78, 5) is 12.3. The van der Waals surface area contributed by atoms with Gasteiger partial charge in [0.25, 0.3) is 0 Å². The first kappa shape index (κ1) is 16.9. The molecule has 1 amide bonds. The van der Waals surface area contributed by atoms with Crippen molar-refractivity contribution in [3.63, 3.8) is 0 Å². The van der Waals surface area contributed by atoms with Gasteiger partial charge in [0.1, 0.15) is 6.04 Å². The van der Waals surface area contributed by atoms with Crippen LogP contribution in [0.3, 0.4) is 0 Å². The molecule has 0 aliphatic rings. The zero-order valence-corrected chi connectivity index (χ0v) is 14.3. The molecule has 1 atom stereocenters. The molecule has 1 unspecified atom stereocenters. The molecule has 0 bridgehead atoms. The smallest absolute Gasteiger partial charge is 0.241 e. The predicted octanol–water partition coefficient (Wildman–Crippen LogP) is 3.98. The van der Waals surface area contributed by atoms with E-state index in [0.717, 1.165) is 22.3 Å². The standard InChI is InChI=1S/C22H22N2O/c1-16-6-5-7-17(14-16)15-24-22(25)21(23)20-12-10-19(11-13-20)18-8-3-2-4-9-18/h2-14,21H,15,23H2,1H3,(H,24,25). The molecule has 0 fully saturated rings.